The number of halogens is 3. The van der Waals surface area contributed by atoms with Gasteiger partial charge < -0.3 is 5.32 Å². The van der Waals surface area contributed by atoms with Crippen LogP contribution >= 0.6 is 11.3 Å². The number of carbonyl (C=O) groups excluding carboxylic acids is 1. The standard InChI is InChI=1S/C21H14F3N3O3S/c22-13-3-1-12(2-4-13)10-27-20(29)19-17(7-8-31-19)26(21(27)30)11-18(28)25-16-6-5-14(23)9-15(16)24/h1-9H,10-11H2,(H,25,28). The Balaban J connectivity index is 1.71. The van der Waals surface area contributed by atoms with Crippen LogP contribution in [0.1, 0.15) is 5.56 Å². The topological polar surface area (TPSA) is 73.1 Å². The Bertz CT molecular complexity index is 1410. The molecule has 158 valence electrons. The highest BCUT2D eigenvalue weighted by atomic mass is 32.1. The Hall–Kier alpha value is -3.66. The zero-order valence-electron chi connectivity index (χ0n) is 15.8. The lowest BCUT2D eigenvalue weighted by molar-refractivity contribution is -0.116. The van der Waals surface area contributed by atoms with E-state index >= 15 is 0 Å². The van der Waals surface area contributed by atoms with Gasteiger partial charge in [0.25, 0.3) is 5.56 Å². The van der Waals surface area contributed by atoms with Crippen LogP contribution < -0.4 is 16.6 Å². The summed E-state index contributed by atoms with van der Waals surface area (Å²) in [5.41, 5.74) is -0.706. The van der Waals surface area contributed by atoms with Crippen LogP contribution in [-0.4, -0.2) is 15.0 Å². The predicted octanol–water partition coefficient (Wildman–Crippen LogP) is 3.33. The van der Waals surface area contributed by atoms with E-state index in [4.69, 9.17) is 0 Å². The van der Waals surface area contributed by atoms with E-state index in [9.17, 15) is 27.6 Å². The van der Waals surface area contributed by atoms with Gasteiger partial charge in [-0.1, -0.05) is 12.1 Å². The Kier molecular flexibility index (Phi) is 5.47. The summed E-state index contributed by atoms with van der Waals surface area (Å²) in [6.45, 7) is -0.605. The molecule has 0 spiro atoms. The largest absolute Gasteiger partial charge is 0.332 e. The third-order valence-electron chi connectivity index (χ3n) is 4.60. The van der Waals surface area contributed by atoms with Crippen molar-refractivity contribution in [1.82, 2.24) is 9.13 Å². The molecular weight excluding hydrogens is 431 g/mol. The van der Waals surface area contributed by atoms with Crippen LogP contribution in [0.25, 0.3) is 10.2 Å². The van der Waals surface area contributed by atoms with Crippen molar-refractivity contribution < 1.29 is 18.0 Å². The molecule has 0 bridgehead atoms. The molecule has 0 saturated carbocycles. The van der Waals surface area contributed by atoms with Gasteiger partial charge in [-0.3, -0.25) is 18.7 Å². The van der Waals surface area contributed by atoms with Crippen molar-refractivity contribution >= 4 is 33.1 Å². The van der Waals surface area contributed by atoms with Crippen molar-refractivity contribution in [1.29, 1.82) is 0 Å². The molecule has 0 radical (unpaired) electrons. The van der Waals surface area contributed by atoms with Gasteiger partial charge in [0.1, 0.15) is 28.7 Å². The third kappa shape index (κ3) is 4.15. The molecule has 10 heteroatoms. The molecule has 4 rings (SSSR count). The maximum Gasteiger partial charge on any atom is 0.332 e. The SMILES string of the molecule is O=C(Cn1c(=O)n(Cc2ccc(F)cc2)c(=O)c2sccc21)Nc1ccc(F)cc1F. The van der Waals surface area contributed by atoms with E-state index in [1.54, 1.807) is 5.38 Å². The van der Waals surface area contributed by atoms with Gasteiger partial charge in [0.2, 0.25) is 5.91 Å². The van der Waals surface area contributed by atoms with Crippen LogP contribution in [0.4, 0.5) is 18.9 Å². The molecule has 0 aliphatic heterocycles. The van der Waals surface area contributed by atoms with E-state index in [0.717, 1.165) is 32.6 Å². The van der Waals surface area contributed by atoms with Crippen LogP contribution in [0, 0.1) is 17.5 Å². The molecule has 31 heavy (non-hydrogen) atoms. The van der Waals surface area contributed by atoms with E-state index in [1.807, 2.05) is 0 Å². The summed E-state index contributed by atoms with van der Waals surface area (Å²) in [6, 6.07) is 9.56. The highest BCUT2D eigenvalue weighted by Gasteiger charge is 2.17. The molecule has 1 N–H and O–H groups in total. The lowest BCUT2D eigenvalue weighted by Crippen LogP contribution is -2.41. The molecule has 2 aromatic carbocycles. The van der Waals surface area contributed by atoms with E-state index in [-0.39, 0.29) is 22.4 Å². The molecule has 1 amide bonds. The number of hydrogen-bond acceptors (Lipinski definition) is 4. The molecule has 0 unspecified atom stereocenters. The summed E-state index contributed by atoms with van der Waals surface area (Å²) in [5, 5.41) is 3.91. The lowest BCUT2D eigenvalue weighted by atomic mass is 10.2. The van der Waals surface area contributed by atoms with Crippen LogP contribution in [-0.2, 0) is 17.9 Å². The second kappa shape index (κ2) is 8.23. The number of aromatic nitrogens is 2. The van der Waals surface area contributed by atoms with Gasteiger partial charge >= 0.3 is 5.69 Å². The minimum Gasteiger partial charge on any atom is -0.322 e. The van der Waals surface area contributed by atoms with Crippen molar-refractivity contribution in [3.05, 3.63) is 97.8 Å². The van der Waals surface area contributed by atoms with E-state index in [1.165, 1.54) is 30.3 Å². The van der Waals surface area contributed by atoms with Gasteiger partial charge in [-0.15, -0.1) is 11.3 Å². The third-order valence-corrected chi connectivity index (χ3v) is 5.49. The van der Waals surface area contributed by atoms with Gasteiger partial charge in [0, 0.05) is 6.07 Å². The fraction of sp³-hybridized carbons (Fsp3) is 0.0952. The molecule has 2 aromatic heterocycles. The fourth-order valence-corrected chi connectivity index (χ4v) is 3.97. The number of nitrogens with one attached hydrogen (secondary N) is 1. The van der Waals surface area contributed by atoms with Crippen molar-refractivity contribution in [2.75, 3.05) is 5.32 Å². The first-order chi connectivity index (χ1) is 14.8. The van der Waals surface area contributed by atoms with Gasteiger partial charge in [0.15, 0.2) is 0 Å². The highest BCUT2D eigenvalue weighted by Crippen LogP contribution is 2.17. The van der Waals surface area contributed by atoms with Crippen LogP contribution in [0.2, 0.25) is 0 Å². The molecule has 0 aliphatic carbocycles. The summed E-state index contributed by atoms with van der Waals surface area (Å²) < 4.78 is 42.4. The van der Waals surface area contributed by atoms with Crippen LogP contribution in [0.5, 0.6) is 0 Å². The lowest BCUT2D eigenvalue weighted by Gasteiger charge is -2.13. The smallest absolute Gasteiger partial charge is 0.322 e. The first-order valence-corrected chi connectivity index (χ1v) is 9.91. The maximum atomic E-state index is 13.8. The minimum atomic E-state index is -0.956. The summed E-state index contributed by atoms with van der Waals surface area (Å²) in [5.74, 6) is -2.93. The summed E-state index contributed by atoms with van der Waals surface area (Å²) in [6.07, 6.45) is 0. The monoisotopic (exact) mass is 445 g/mol. The van der Waals surface area contributed by atoms with Crippen molar-refractivity contribution in [2.24, 2.45) is 0 Å². The molecule has 0 aliphatic rings. The zero-order valence-corrected chi connectivity index (χ0v) is 16.6. The Morgan fingerprint density at radius 3 is 2.35 bits per heavy atom. The van der Waals surface area contributed by atoms with E-state index in [2.05, 4.69) is 5.32 Å². The van der Waals surface area contributed by atoms with Gasteiger partial charge in [-0.05, 0) is 41.3 Å². The number of rotatable bonds is 5. The van der Waals surface area contributed by atoms with Crippen LogP contribution in [0.3, 0.4) is 0 Å². The fourth-order valence-electron chi connectivity index (χ4n) is 3.12. The minimum absolute atomic E-state index is 0.111. The zero-order chi connectivity index (χ0) is 22.1. The number of benzene rings is 2. The summed E-state index contributed by atoms with van der Waals surface area (Å²) in [7, 11) is 0. The van der Waals surface area contributed by atoms with E-state index < -0.39 is 41.2 Å². The first-order valence-electron chi connectivity index (χ1n) is 9.03. The molecule has 2 heterocycles. The number of nitrogens with zero attached hydrogens (tertiary/aromatic N) is 2. The van der Waals surface area contributed by atoms with Crippen molar-refractivity contribution in [3.8, 4) is 0 Å². The van der Waals surface area contributed by atoms with Crippen LogP contribution in [0.15, 0.2) is 63.5 Å². The maximum absolute atomic E-state index is 13.8. The number of thiophene rings is 1. The summed E-state index contributed by atoms with van der Waals surface area (Å²) >= 11 is 1.11. The Morgan fingerprint density at radius 1 is 0.935 bits per heavy atom. The number of hydrogen-bond donors (Lipinski definition) is 1. The van der Waals surface area contributed by atoms with Crippen molar-refractivity contribution in [2.45, 2.75) is 13.1 Å². The molecule has 0 atom stereocenters. The molecule has 6 nitrogen and oxygen atoms in total. The molecule has 0 saturated heterocycles. The number of carbonyl (C=O) groups is 1. The predicted molar refractivity (Wildman–Crippen MR) is 111 cm³/mol. The molecule has 4 aromatic rings. The quantitative estimate of drug-likeness (QED) is 0.512. The van der Waals surface area contributed by atoms with Gasteiger partial charge in [0.05, 0.1) is 17.7 Å². The number of anilines is 1. The highest BCUT2D eigenvalue weighted by molar-refractivity contribution is 7.17. The van der Waals surface area contributed by atoms with Gasteiger partial charge in [-0.25, -0.2) is 18.0 Å². The first kappa shape index (κ1) is 20.6. The Morgan fingerprint density at radius 2 is 1.65 bits per heavy atom. The second-order valence-electron chi connectivity index (χ2n) is 6.69. The molecular formula is C21H14F3N3O3S. The molecule has 0 fully saturated rings. The average Bonchev–Trinajstić information content (AvgIpc) is 3.22. The second-order valence-corrected chi connectivity index (χ2v) is 7.61. The van der Waals surface area contributed by atoms with Gasteiger partial charge in [-0.2, -0.15) is 0 Å². The summed E-state index contributed by atoms with van der Waals surface area (Å²) in [4.78, 5) is 38.3. The average molecular weight is 445 g/mol. The number of fused-ring (bicyclic) bond motifs is 1. The van der Waals surface area contributed by atoms with Crippen molar-refractivity contribution in [3.63, 3.8) is 0 Å². The normalized spacial score (nSPS) is 11.1. The van der Waals surface area contributed by atoms with E-state index in [0.29, 0.717) is 11.6 Å². The number of amides is 1. The Labute approximate surface area is 176 Å².